The van der Waals surface area contributed by atoms with E-state index < -0.39 is 5.97 Å². The molecule has 0 saturated heterocycles. The molecule has 0 aromatic carbocycles. The van der Waals surface area contributed by atoms with Crippen molar-refractivity contribution in [2.24, 2.45) is 0 Å². The zero-order valence-corrected chi connectivity index (χ0v) is 9.62. The van der Waals surface area contributed by atoms with Crippen molar-refractivity contribution >= 4 is 11.8 Å². The standard InChI is InChI=1S/C12H17NO3/c1-10(12(15)16-2)9-11(14)7-5-3-4-6-8-13/h1,3-7,9H2,2H3. The van der Waals surface area contributed by atoms with Gasteiger partial charge < -0.3 is 4.74 Å². The molecule has 0 radical (unpaired) electrons. The summed E-state index contributed by atoms with van der Waals surface area (Å²) in [5.74, 6) is -0.537. The van der Waals surface area contributed by atoms with E-state index in [0.717, 1.165) is 19.3 Å². The molecule has 0 heterocycles. The Bertz CT molecular complexity index is 302. The largest absolute Gasteiger partial charge is 0.466 e. The van der Waals surface area contributed by atoms with Crippen LogP contribution in [0.25, 0.3) is 0 Å². The maximum atomic E-state index is 11.4. The van der Waals surface area contributed by atoms with Crippen molar-refractivity contribution in [1.82, 2.24) is 0 Å². The van der Waals surface area contributed by atoms with Gasteiger partial charge in [0.1, 0.15) is 5.78 Å². The predicted molar refractivity (Wildman–Crippen MR) is 59.5 cm³/mol. The lowest BCUT2D eigenvalue weighted by Crippen LogP contribution is -2.08. The molecule has 88 valence electrons. The second-order valence-corrected chi connectivity index (χ2v) is 3.53. The van der Waals surface area contributed by atoms with Gasteiger partial charge in [-0.1, -0.05) is 13.0 Å². The number of carbonyl (C=O) groups excluding carboxylic acids is 2. The quantitative estimate of drug-likeness (QED) is 0.359. The lowest BCUT2D eigenvalue weighted by molar-refractivity contribution is -0.137. The van der Waals surface area contributed by atoms with E-state index in [4.69, 9.17) is 5.26 Å². The third-order valence-corrected chi connectivity index (χ3v) is 2.13. The van der Waals surface area contributed by atoms with Crippen molar-refractivity contribution in [2.45, 2.75) is 38.5 Å². The van der Waals surface area contributed by atoms with Crippen LogP contribution in [0.5, 0.6) is 0 Å². The second kappa shape index (κ2) is 8.66. The van der Waals surface area contributed by atoms with Crippen LogP contribution >= 0.6 is 0 Å². The van der Waals surface area contributed by atoms with Crippen molar-refractivity contribution in [3.63, 3.8) is 0 Å². The van der Waals surface area contributed by atoms with Crippen LogP contribution in [0, 0.1) is 11.3 Å². The van der Waals surface area contributed by atoms with E-state index in [-0.39, 0.29) is 17.8 Å². The number of hydrogen-bond acceptors (Lipinski definition) is 4. The van der Waals surface area contributed by atoms with Crippen LogP contribution in [0.4, 0.5) is 0 Å². The molecule has 0 bridgehead atoms. The average molecular weight is 223 g/mol. The Kier molecular flexibility index (Phi) is 7.78. The SMILES string of the molecule is C=C(CC(=O)CCCCCC#N)C(=O)OC. The smallest absolute Gasteiger partial charge is 0.333 e. The first-order valence-electron chi connectivity index (χ1n) is 5.26. The molecule has 0 aliphatic carbocycles. The Morgan fingerprint density at radius 2 is 2.00 bits per heavy atom. The van der Waals surface area contributed by atoms with Crippen molar-refractivity contribution in [2.75, 3.05) is 7.11 Å². The van der Waals surface area contributed by atoms with E-state index in [0.29, 0.717) is 12.8 Å². The summed E-state index contributed by atoms with van der Waals surface area (Å²) in [6, 6.07) is 2.05. The monoisotopic (exact) mass is 223 g/mol. The lowest BCUT2D eigenvalue weighted by atomic mass is 10.0. The summed E-state index contributed by atoms with van der Waals surface area (Å²) in [4.78, 5) is 22.3. The van der Waals surface area contributed by atoms with E-state index in [2.05, 4.69) is 17.4 Å². The highest BCUT2D eigenvalue weighted by molar-refractivity contribution is 5.95. The minimum Gasteiger partial charge on any atom is -0.466 e. The topological polar surface area (TPSA) is 67.2 Å². The molecule has 0 aliphatic heterocycles. The highest BCUT2D eigenvalue weighted by Gasteiger charge is 2.11. The van der Waals surface area contributed by atoms with Gasteiger partial charge in [0.2, 0.25) is 0 Å². The van der Waals surface area contributed by atoms with Gasteiger partial charge in [0.25, 0.3) is 0 Å². The van der Waals surface area contributed by atoms with Gasteiger partial charge in [-0.25, -0.2) is 4.79 Å². The number of unbranched alkanes of at least 4 members (excludes halogenated alkanes) is 3. The molecule has 4 nitrogen and oxygen atoms in total. The van der Waals surface area contributed by atoms with Crippen LogP contribution in [0.15, 0.2) is 12.2 Å². The number of Topliss-reactive ketones (excluding diaryl/α,β-unsaturated/α-hetero) is 1. The first-order valence-corrected chi connectivity index (χ1v) is 5.26. The Labute approximate surface area is 95.9 Å². The van der Waals surface area contributed by atoms with E-state index in [1.165, 1.54) is 7.11 Å². The molecule has 0 saturated carbocycles. The first-order chi connectivity index (χ1) is 7.61. The van der Waals surface area contributed by atoms with Gasteiger partial charge in [-0.3, -0.25) is 4.79 Å². The maximum Gasteiger partial charge on any atom is 0.333 e. The molecule has 0 spiro atoms. The van der Waals surface area contributed by atoms with Crippen LogP contribution in [0.1, 0.15) is 38.5 Å². The number of esters is 1. The van der Waals surface area contributed by atoms with Gasteiger partial charge in [-0.15, -0.1) is 0 Å². The zero-order valence-electron chi connectivity index (χ0n) is 9.62. The number of nitriles is 1. The molecule has 0 unspecified atom stereocenters. The third kappa shape index (κ3) is 6.77. The van der Waals surface area contributed by atoms with Crippen LogP contribution in [-0.2, 0) is 14.3 Å². The minimum absolute atomic E-state index is 0.00708. The van der Waals surface area contributed by atoms with Crippen molar-refractivity contribution in [3.05, 3.63) is 12.2 Å². The number of methoxy groups -OCH3 is 1. The molecule has 0 aromatic rings. The lowest BCUT2D eigenvalue weighted by Gasteiger charge is -2.02. The van der Waals surface area contributed by atoms with Gasteiger partial charge >= 0.3 is 5.97 Å². The molecule has 0 amide bonds. The van der Waals surface area contributed by atoms with Gasteiger partial charge in [0.05, 0.1) is 13.2 Å². The summed E-state index contributed by atoms with van der Waals surface area (Å²) in [6.07, 6.45) is 3.47. The van der Waals surface area contributed by atoms with Crippen molar-refractivity contribution in [1.29, 1.82) is 5.26 Å². The fourth-order valence-corrected chi connectivity index (χ4v) is 1.25. The second-order valence-electron chi connectivity index (χ2n) is 3.53. The summed E-state index contributed by atoms with van der Waals surface area (Å²) < 4.78 is 4.44. The van der Waals surface area contributed by atoms with Gasteiger partial charge in [-0.05, 0) is 12.8 Å². The summed E-state index contributed by atoms with van der Waals surface area (Å²) >= 11 is 0. The number of ketones is 1. The van der Waals surface area contributed by atoms with Gasteiger partial charge in [0, 0.05) is 24.8 Å². The fourth-order valence-electron chi connectivity index (χ4n) is 1.25. The zero-order chi connectivity index (χ0) is 12.4. The normalized spacial score (nSPS) is 9.25. The number of rotatable bonds is 8. The van der Waals surface area contributed by atoms with E-state index in [1.54, 1.807) is 0 Å². The van der Waals surface area contributed by atoms with Crippen LogP contribution in [-0.4, -0.2) is 18.9 Å². The number of hydrogen-bond donors (Lipinski definition) is 0. The minimum atomic E-state index is -0.530. The van der Waals surface area contributed by atoms with E-state index in [1.807, 2.05) is 0 Å². The maximum absolute atomic E-state index is 11.4. The van der Waals surface area contributed by atoms with Crippen LogP contribution < -0.4 is 0 Å². The fraction of sp³-hybridized carbons (Fsp3) is 0.583. The van der Waals surface area contributed by atoms with Crippen LogP contribution in [0.2, 0.25) is 0 Å². The molecule has 4 heteroatoms. The van der Waals surface area contributed by atoms with Crippen LogP contribution in [0.3, 0.4) is 0 Å². The molecule has 0 fully saturated rings. The Hall–Kier alpha value is -1.63. The summed E-state index contributed by atoms with van der Waals surface area (Å²) in [5.41, 5.74) is 0.199. The summed E-state index contributed by atoms with van der Waals surface area (Å²) in [5, 5.41) is 8.30. The third-order valence-electron chi connectivity index (χ3n) is 2.13. The van der Waals surface area contributed by atoms with E-state index >= 15 is 0 Å². The van der Waals surface area contributed by atoms with E-state index in [9.17, 15) is 9.59 Å². The number of carbonyl (C=O) groups is 2. The predicted octanol–water partition coefficient (Wildman–Crippen LogP) is 2.15. The molecule has 0 N–H and O–H groups in total. The molecule has 0 atom stereocenters. The van der Waals surface area contributed by atoms with Crippen molar-refractivity contribution < 1.29 is 14.3 Å². The number of nitrogens with zero attached hydrogens (tertiary/aromatic N) is 1. The Morgan fingerprint density at radius 1 is 1.31 bits per heavy atom. The highest BCUT2D eigenvalue weighted by Crippen LogP contribution is 2.08. The highest BCUT2D eigenvalue weighted by atomic mass is 16.5. The molecule has 0 aromatic heterocycles. The Balaban J connectivity index is 3.63. The average Bonchev–Trinajstić information content (AvgIpc) is 2.27. The molecular weight excluding hydrogens is 206 g/mol. The molecule has 0 rings (SSSR count). The van der Waals surface area contributed by atoms with Gasteiger partial charge in [0.15, 0.2) is 0 Å². The first kappa shape index (κ1) is 14.4. The Morgan fingerprint density at radius 3 is 2.56 bits per heavy atom. The molecule has 0 aliphatic rings. The summed E-state index contributed by atoms with van der Waals surface area (Å²) in [6.45, 7) is 3.48. The molecule has 16 heavy (non-hydrogen) atoms. The van der Waals surface area contributed by atoms with Gasteiger partial charge in [-0.2, -0.15) is 5.26 Å². The summed E-state index contributed by atoms with van der Waals surface area (Å²) in [7, 11) is 1.26. The number of ether oxygens (including phenoxy) is 1. The van der Waals surface area contributed by atoms with Crippen molar-refractivity contribution in [3.8, 4) is 6.07 Å². The molecular formula is C12H17NO3.